The predicted molar refractivity (Wildman–Crippen MR) is 98.0 cm³/mol. The fraction of sp³-hybridized carbons (Fsp3) is 0.333. The van der Waals surface area contributed by atoms with Crippen LogP contribution in [0.3, 0.4) is 0 Å². The van der Waals surface area contributed by atoms with Crippen LogP contribution < -0.4 is 16.7 Å². The van der Waals surface area contributed by atoms with Gasteiger partial charge in [-0.05, 0) is 19.1 Å². The topological polar surface area (TPSA) is 103 Å². The third-order valence-electron chi connectivity index (χ3n) is 3.42. The summed E-state index contributed by atoms with van der Waals surface area (Å²) in [5.74, 6) is -0.979. The Hall–Kier alpha value is -1.83. The van der Waals surface area contributed by atoms with E-state index < -0.39 is 21.3 Å². The van der Waals surface area contributed by atoms with E-state index >= 15 is 0 Å². The molecule has 0 saturated carbocycles. The quantitative estimate of drug-likeness (QED) is 0.719. The van der Waals surface area contributed by atoms with Crippen LogP contribution in [0.2, 0.25) is 0 Å². The van der Waals surface area contributed by atoms with Gasteiger partial charge in [0.2, 0.25) is 9.70 Å². The van der Waals surface area contributed by atoms with Crippen LogP contribution in [0.25, 0.3) is 0 Å². The molecule has 0 aliphatic heterocycles. The fourth-order valence-electron chi connectivity index (χ4n) is 2.05. The number of nitrogens with zero attached hydrogens (tertiary/aromatic N) is 3. The number of nitrogens with one attached hydrogen (secondary N) is 1. The number of amides is 1. The SMILES string of the molecule is CC(C(N)=O)c1cc(NCc2ccccn2)n(CC(Cl)(Cl)Cl)c(=O)n1. The minimum absolute atomic E-state index is 0.209. The van der Waals surface area contributed by atoms with Crippen LogP contribution >= 0.6 is 34.8 Å². The molecule has 0 spiro atoms. The zero-order valence-electron chi connectivity index (χ0n) is 13.2. The van der Waals surface area contributed by atoms with Crippen LogP contribution in [0, 0.1) is 0 Å². The lowest BCUT2D eigenvalue weighted by Gasteiger charge is -2.19. The normalized spacial score (nSPS) is 12.6. The van der Waals surface area contributed by atoms with Gasteiger partial charge in [-0.1, -0.05) is 40.9 Å². The zero-order valence-corrected chi connectivity index (χ0v) is 15.5. The lowest BCUT2D eigenvalue weighted by Crippen LogP contribution is -2.33. The number of pyridine rings is 1. The Morgan fingerprint density at radius 1 is 1.40 bits per heavy atom. The molecule has 2 rings (SSSR count). The summed E-state index contributed by atoms with van der Waals surface area (Å²) in [6.45, 7) is 1.68. The molecule has 7 nitrogen and oxygen atoms in total. The van der Waals surface area contributed by atoms with Crippen molar-refractivity contribution < 1.29 is 4.79 Å². The monoisotopic (exact) mass is 403 g/mol. The van der Waals surface area contributed by atoms with Gasteiger partial charge in [-0.25, -0.2) is 4.79 Å². The van der Waals surface area contributed by atoms with Gasteiger partial charge in [-0.3, -0.25) is 14.3 Å². The average molecular weight is 405 g/mol. The van der Waals surface area contributed by atoms with Crippen molar-refractivity contribution in [1.82, 2.24) is 14.5 Å². The molecule has 134 valence electrons. The van der Waals surface area contributed by atoms with E-state index in [1.165, 1.54) is 10.6 Å². The molecule has 0 radical (unpaired) electrons. The Kier molecular flexibility index (Phi) is 6.26. The first-order valence-electron chi connectivity index (χ1n) is 7.29. The maximum atomic E-state index is 12.3. The van der Waals surface area contributed by atoms with E-state index in [-0.39, 0.29) is 12.2 Å². The molecule has 1 unspecified atom stereocenters. The summed E-state index contributed by atoms with van der Waals surface area (Å²) in [6.07, 6.45) is 1.65. The number of halogens is 3. The van der Waals surface area contributed by atoms with Crippen LogP contribution in [0.15, 0.2) is 35.3 Å². The first-order chi connectivity index (χ1) is 11.7. The summed E-state index contributed by atoms with van der Waals surface area (Å²) in [4.78, 5) is 31.8. The number of nitrogens with two attached hydrogens (primary N) is 1. The van der Waals surface area contributed by atoms with Crippen molar-refractivity contribution in [3.05, 3.63) is 52.3 Å². The van der Waals surface area contributed by atoms with Crippen molar-refractivity contribution in [3.63, 3.8) is 0 Å². The molecule has 1 atom stereocenters. The van der Waals surface area contributed by atoms with Gasteiger partial charge in [0.05, 0.1) is 30.4 Å². The number of primary amides is 1. The molecule has 1 amide bonds. The minimum atomic E-state index is -1.69. The molecule has 0 aliphatic carbocycles. The summed E-state index contributed by atoms with van der Waals surface area (Å²) in [5.41, 5.74) is 5.62. The molecule has 2 aromatic heterocycles. The van der Waals surface area contributed by atoms with Crippen molar-refractivity contribution >= 4 is 46.5 Å². The smallest absolute Gasteiger partial charge is 0.349 e. The van der Waals surface area contributed by atoms with Gasteiger partial charge < -0.3 is 11.1 Å². The summed E-state index contributed by atoms with van der Waals surface area (Å²) in [7, 11) is 0. The van der Waals surface area contributed by atoms with Crippen molar-refractivity contribution in [3.8, 4) is 0 Å². The number of hydrogen-bond donors (Lipinski definition) is 2. The number of aromatic nitrogens is 3. The Bertz CT molecular complexity index is 805. The number of hydrogen-bond acceptors (Lipinski definition) is 5. The molecule has 0 bridgehead atoms. The van der Waals surface area contributed by atoms with Crippen molar-refractivity contribution in [2.75, 3.05) is 5.32 Å². The molecule has 0 aliphatic rings. The summed E-state index contributed by atoms with van der Waals surface area (Å²) in [5, 5.41) is 3.06. The second kappa shape index (κ2) is 8.03. The Balaban J connectivity index is 2.40. The molecular formula is C15H16Cl3N5O2. The second-order valence-electron chi connectivity index (χ2n) is 5.35. The van der Waals surface area contributed by atoms with Crippen molar-refractivity contribution in [2.45, 2.75) is 29.7 Å². The van der Waals surface area contributed by atoms with E-state index in [9.17, 15) is 9.59 Å². The minimum Gasteiger partial charge on any atom is -0.369 e. The number of alkyl halides is 3. The lowest BCUT2D eigenvalue weighted by molar-refractivity contribution is -0.119. The summed E-state index contributed by atoms with van der Waals surface area (Å²) >= 11 is 17.4. The van der Waals surface area contributed by atoms with Gasteiger partial charge in [-0.2, -0.15) is 4.98 Å². The Labute approximate surface area is 159 Å². The van der Waals surface area contributed by atoms with E-state index in [4.69, 9.17) is 40.5 Å². The number of carbonyl (C=O) groups is 1. The third kappa shape index (κ3) is 5.59. The van der Waals surface area contributed by atoms with Crippen LogP contribution in [0.4, 0.5) is 5.82 Å². The molecule has 25 heavy (non-hydrogen) atoms. The molecule has 10 heteroatoms. The molecule has 0 aromatic carbocycles. The molecule has 0 fully saturated rings. The first kappa shape index (κ1) is 19.5. The van der Waals surface area contributed by atoms with E-state index in [2.05, 4.69) is 15.3 Å². The highest BCUT2D eigenvalue weighted by Crippen LogP contribution is 2.29. The number of anilines is 1. The Morgan fingerprint density at radius 2 is 2.12 bits per heavy atom. The molecule has 0 saturated heterocycles. The van der Waals surface area contributed by atoms with Gasteiger partial charge >= 0.3 is 5.69 Å². The van der Waals surface area contributed by atoms with Gasteiger partial charge in [0.15, 0.2) is 0 Å². The lowest BCUT2D eigenvalue weighted by atomic mass is 10.1. The van der Waals surface area contributed by atoms with Crippen LogP contribution in [0.5, 0.6) is 0 Å². The largest absolute Gasteiger partial charge is 0.369 e. The number of rotatable bonds is 6. The zero-order chi connectivity index (χ0) is 18.6. The molecular weight excluding hydrogens is 389 g/mol. The third-order valence-corrected chi connectivity index (χ3v) is 3.77. The van der Waals surface area contributed by atoms with Gasteiger partial charge in [0.1, 0.15) is 5.82 Å². The highest BCUT2D eigenvalue weighted by Gasteiger charge is 2.24. The number of carbonyl (C=O) groups excluding carboxylic acids is 1. The predicted octanol–water partition coefficient (Wildman–Crippen LogP) is 2.21. The standard InChI is InChI=1S/C15H16Cl3N5O2/c1-9(13(19)24)11-6-12(21-7-10-4-2-3-5-20-10)23(14(25)22-11)8-15(16,17)18/h2-6,9,21H,7-8H2,1H3,(H2,19,24). The Morgan fingerprint density at radius 3 is 2.68 bits per heavy atom. The van der Waals surface area contributed by atoms with Crippen LogP contribution in [0.1, 0.15) is 24.2 Å². The second-order valence-corrected chi connectivity index (χ2v) is 7.86. The van der Waals surface area contributed by atoms with E-state index in [1.807, 2.05) is 12.1 Å². The molecule has 2 heterocycles. The average Bonchev–Trinajstić information content (AvgIpc) is 2.54. The van der Waals surface area contributed by atoms with Crippen LogP contribution in [-0.2, 0) is 17.9 Å². The summed E-state index contributed by atoms with van der Waals surface area (Å²) in [6, 6.07) is 6.99. The summed E-state index contributed by atoms with van der Waals surface area (Å²) < 4.78 is -0.503. The van der Waals surface area contributed by atoms with Gasteiger partial charge in [0, 0.05) is 12.3 Å². The van der Waals surface area contributed by atoms with Crippen LogP contribution in [-0.4, -0.2) is 24.2 Å². The fourth-order valence-corrected chi connectivity index (χ4v) is 2.41. The first-order valence-corrected chi connectivity index (χ1v) is 8.42. The van der Waals surface area contributed by atoms with Gasteiger partial charge in [-0.15, -0.1) is 0 Å². The van der Waals surface area contributed by atoms with E-state index in [1.54, 1.807) is 19.2 Å². The van der Waals surface area contributed by atoms with E-state index in [0.29, 0.717) is 12.4 Å². The van der Waals surface area contributed by atoms with Crippen molar-refractivity contribution in [2.24, 2.45) is 5.73 Å². The molecule has 3 N–H and O–H groups in total. The maximum Gasteiger partial charge on any atom is 0.349 e. The van der Waals surface area contributed by atoms with E-state index in [0.717, 1.165) is 5.69 Å². The maximum absolute atomic E-state index is 12.3. The van der Waals surface area contributed by atoms with Crippen molar-refractivity contribution in [1.29, 1.82) is 0 Å². The van der Waals surface area contributed by atoms with Gasteiger partial charge in [0.25, 0.3) is 0 Å². The highest BCUT2D eigenvalue weighted by molar-refractivity contribution is 6.67. The molecule has 2 aromatic rings. The highest BCUT2D eigenvalue weighted by atomic mass is 35.6.